The number of amides is 1. The summed E-state index contributed by atoms with van der Waals surface area (Å²) < 4.78 is 5.15. The number of carboxylic acids is 1. The Hall–Kier alpha value is -2.82. The zero-order valence-corrected chi connectivity index (χ0v) is 11.5. The summed E-state index contributed by atoms with van der Waals surface area (Å²) in [5, 5.41) is 11.4. The molecule has 0 atom stereocenters. The summed E-state index contributed by atoms with van der Waals surface area (Å²) >= 11 is 0. The van der Waals surface area contributed by atoms with E-state index >= 15 is 0 Å². The van der Waals surface area contributed by atoms with Crippen LogP contribution in [0.1, 0.15) is 27.2 Å². The number of hydrogen-bond acceptors (Lipinski definition) is 3. The molecule has 21 heavy (non-hydrogen) atoms. The van der Waals surface area contributed by atoms with Crippen molar-refractivity contribution in [2.24, 2.45) is 0 Å². The van der Waals surface area contributed by atoms with E-state index in [1.54, 1.807) is 43.5 Å². The van der Waals surface area contributed by atoms with Crippen molar-refractivity contribution in [3.05, 3.63) is 65.1 Å². The molecule has 0 radical (unpaired) electrons. The molecule has 0 bridgehead atoms. The molecule has 0 aliphatic rings. The van der Waals surface area contributed by atoms with Crippen molar-refractivity contribution in [2.45, 2.75) is 13.5 Å². The van der Waals surface area contributed by atoms with Gasteiger partial charge in [-0.05, 0) is 42.3 Å². The lowest BCUT2D eigenvalue weighted by Gasteiger charge is -2.09. The summed E-state index contributed by atoms with van der Waals surface area (Å²) in [7, 11) is 0. The first kappa shape index (κ1) is 14.6. The highest BCUT2D eigenvalue weighted by Crippen LogP contribution is 2.15. The smallest absolute Gasteiger partial charge is 0.328 e. The second-order valence-electron chi connectivity index (χ2n) is 4.45. The number of rotatable bonds is 5. The summed E-state index contributed by atoms with van der Waals surface area (Å²) in [5.74, 6) is -0.584. The van der Waals surface area contributed by atoms with E-state index in [-0.39, 0.29) is 5.91 Å². The highest BCUT2D eigenvalue weighted by Gasteiger charge is 2.11. The van der Waals surface area contributed by atoms with Crippen LogP contribution in [0.2, 0.25) is 0 Å². The number of hydrogen-bond donors (Lipinski definition) is 2. The Morgan fingerprint density at radius 1 is 1.29 bits per heavy atom. The molecule has 0 fully saturated rings. The number of aliphatic carboxylic acids is 1. The quantitative estimate of drug-likeness (QED) is 0.828. The molecule has 0 spiro atoms. The van der Waals surface area contributed by atoms with Gasteiger partial charge in [-0.15, -0.1) is 0 Å². The zero-order valence-electron chi connectivity index (χ0n) is 11.5. The molecule has 1 amide bonds. The number of nitrogens with one attached hydrogen (secondary N) is 1. The Labute approximate surface area is 121 Å². The Bertz CT molecular complexity index is 672. The number of carboxylic acid groups (broad SMARTS) is 1. The summed E-state index contributed by atoms with van der Waals surface area (Å²) in [6.07, 6.45) is 4.07. The van der Waals surface area contributed by atoms with E-state index in [9.17, 15) is 9.59 Å². The summed E-state index contributed by atoms with van der Waals surface area (Å²) in [6, 6.07) is 8.71. The van der Waals surface area contributed by atoms with E-state index in [1.807, 2.05) is 0 Å². The van der Waals surface area contributed by atoms with Crippen molar-refractivity contribution in [1.82, 2.24) is 5.32 Å². The van der Waals surface area contributed by atoms with Crippen LogP contribution in [-0.4, -0.2) is 17.0 Å². The molecule has 1 heterocycles. The maximum absolute atomic E-state index is 12.2. The Balaban J connectivity index is 2.13. The van der Waals surface area contributed by atoms with E-state index in [2.05, 4.69) is 5.32 Å². The average Bonchev–Trinajstić information content (AvgIpc) is 2.97. The molecule has 2 rings (SSSR count). The van der Waals surface area contributed by atoms with Crippen LogP contribution in [0.5, 0.6) is 0 Å². The summed E-state index contributed by atoms with van der Waals surface area (Å²) in [6.45, 7) is 2.09. The fourth-order valence-electron chi connectivity index (χ4n) is 1.92. The zero-order chi connectivity index (χ0) is 15.2. The lowest BCUT2D eigenvalue weighted by atomic mass is 10.0. The minimum absolute atomic E-state index is 0.227. The van der Waals surface area contributed by atoms with Crippen LogP contribution in [0.15, 0.2) is 47.1 Å². The highest BCUT2D eigenvalue weighted by molar-refractivity contribution is 5.96. The molecule has 0 aliphatic carbocycles. The van der Waals surface area contributed by atoms with Gasteiger partial charge in [-0.25, -0.2) is 4.79 Å². The van der Waals surface area contributed by atoms with Gasteiger partial charge in [0, 0.05) is 11.6 Å². The molecular formula is C16H15NO4. The van der Waals surface area contributed by atoms with E-state index in [1.165, 1.54) is 6.08 Å². The van der Waals surface area contributed by atoms with Gasteiger partial charge >= 0.3 is 5.97 Å². The fraction of sp³-hybridized carbons (Fsp3) is 0.125. The van der Waals surface area contributed by atoms with E-state index in [0.717, 1.165) is 11.6 Å². The van der Waals surface area contributed by atoms with Crippen LogP contribution < -0.4 is 5.32 Å². The molecule has 2 aromatic rings. The standard InChI is InChI=1S/C16H15NO4/c1-11-12(7-8-15(18)19)4-2-6-14(11)16(20)17-10-13-5-3-9-21-13/h2-9H,10H2,1H3,(H,17,20)(H,18,19). The van der Waals surface area contributed by atoms with Crippen LogP contribution in [0.3, 0.4) is 0 Å². The Morgan fingerprint density at radius 3 is 2.76 bits per heavy atom. The van der Waals surface area contributed by atoms with Crippen molar-refractivity contribution in [1.29, 1.82) is 0 Å². The van der Waals surface area contributed by atoms with E-state index in [0.29, 0.717) is 23.4 Å². The second-order valence-corrected chi connectivity index (χ2v) is 4.45. The van der Waals surface area contributed by atoms with Gasteiger partial charge < -0.3 is 14.8 Å². The van der Waals surface area contributed by atoms with Gasteiger partial charge in [-0.3, -0.25) is 4.79 Å². The average molecular weight is 285 g/mol. The van der Waals surface area contributed by atoms with Crippen molar-refractivity contribution in [3.8, 4) is 0 Å². The normalized spacial score (nSPS) is 10.7. The molecule has 5 heteroatoms. The van der Waals surface area contributed by atoms with Gasteiger partial charge in [0.1, 0.15) is 5.76 Å². The third-order valence-corrected chi connectivity index (χ3v) is 3.03. The van der Waals surface area contributed by atoms with Gasteiger partial charge in [-0.2, -0.15) is 0 Å². The molecular weight excluding hydrogens is 270 g/mol. The highest BCUT2D eigenvalue weighted by atomic mass is 16.4. The van der Waals surface area contributed by atoms with Gasteiger partial charge in [-0.1, -0.05) is 12.1 Å². The van der Waals surface area contributed by atoms with Crippen LogP contribution in [0, 0.1) is 6.92 Å². The van der Waals surface area contributed by atoms with Crippen LogP contribution in [-0.2, 0) is 11.3 Å². The second kappa shape index (κ2) is 6.56. The molecule has 108 valence electrons. The van der Waals surface area contributed by atoms with Gasteiger partial charge in [0.15, 0.2) is 0 Å². The third-order valence-electron chi connectivity index (χ3n) is 3.03. The first-order valence-electron chi connectivity index (χ1n) is 6.39. The van der Waals surface area contributed by atoms with Crippen molar-refractivity contribution < 1.29 is 19.1 Å². The Kier molecular flexibility index (Phi) is 4.56. The van der Waals surface area contributed by atoms with Crippen LogP contribution in [0.4, 0.5) is 0 Å². The van der Waals surface area contributed by atoms with Gasteiger partial charge in [0.2, 0.25) is 0 Å². The molecule has 1 aromatic carbocycles. The molecule has 0 saturated heterocycles. The number of carbonyl (C=O) groups excluding carboxylic acids is 1. The largest absolute Gasteiger partial charge is 0.478 e. The van der Waals surface area contributed by atoms with Gasteiger partial charge in [0.25, 0.3) is 5.91 Å². The Morgan fingerprint density at radius 2 is 2.10 bits per heavy atom. The van der Waals surface area contributed by atoms with E-state index in [4.69, 9.17) is 9.52 Å². The minimum Gasteiger partial charge on any atom is -0.478 e. The molecule has 0 saturated carbocycles. The fourth-order valence-corrected chi connectivity index (χ4v) is 1.92. The predicted molar refractivity (Wildman–Crippen MR) is 77.7 cm³/mol. The first-order valence-corrected chi connectivity index (χ1v) is 6.39. The lowest BCUT2D eigenvalue weighted by Crippen LogP contribution is -2.23. The van der Waals surface area contributed by atoms with Crippen molar-refractivity contribution in [2.75, 3.05) is 0 Å². The third kappa shape index (κ3) is 3.82. The summed E-state index contributed by atoms with van der Waals surface area (Å²) in [4.78, 5) is 22.7. The minimum atomic E-state index is -1.03. The van der Waals surface area contributed by atoms with Crippen LogP contribution in [0.25, 0.3) is 6.08 Å². The monoisotopic (exact) mass is 285 g/mol. The number of benzene rings is 1. The molecule has 0 unspecified atom stereocenters. The van der Waals surface area contributed by atoms with Crippen LogP contribution >= 0.6 is 0 Å². The maximum atomic E-state index is 12.2. The SMILES string of the molecule is Cc1c(C=CC(=O)O)cccc1C(=O)NCc1ccco1. The van der Waals surface area contributed by atoms with Crippen molar-refractivity contribution >= 4 is 18.0 Å². The van der Waals surface area contributed by atoms with Crippen molar-refractivity contribution in [3.63, 3.8) is 0 Å². The number of furan rings is 1. The van der Waals surface area contributed by atoms with Gasteiger partial charge in [0.05, 0.1) is 12.8 Å². The van der Waals surface area contributed by atoms with E-state index < -0.39 is 5.97 Å². The first-order chi connectivity index (χ1) is 10.1. The molecule has 1 aromatic heterocycles. The lowest BCUT2D eigenvalue weighted by molar-refractivity contribution is -0.131. The molecule has 0 aliphatic heterocycles. The number of carbonyl (C=O) groups is 2. The maximum Gasteiger partial charge on any atom is 0.328 e. The molecule has 5 nitrogen and oxygen atoms in total. The molecule has 2 N–H and O–H groups in total. The summed E-state index contributed by atoms with van der Waals surface area (Å²) in [5.41, 5.74) is 1.93. The predicted octanol–water partition coefficient (Wildman–Crippen LogP) is 2.62. The topological polar surface area (TPSA) is 79.5 Å².